The molecule has 0 fully saturated rings. The molecular formula is C31H33NO5. The Balaban J connectivity index is 1.71. The molecule has 0 saturated carbocycles. The zero-order chi connectivity index (χ0) is 26.6. The van der Waals surface area contributed by atoms with Gasteiger partial charge in [0.25, 0.3) is 0 Å². The summed E-state index contributed by atoms with van der Waals surface area (Å²) in [6.45, 7) is 6.28. The van der Waals surface area contributed by atoms with Gasteiger partial charge in [-0.05, 0) is 79.6 Å². The monoisotopic (exact) mass is 499 g/mol. The van der Waals surface area contributed by atoms with Gasteiger partial charge in [0, 0.05) is 30.4 Å². The molecule has 0 radical (unpaired) electrons. The maximum absolute atomic E-state index is 12.5. The summed E-state index contributed by atoms with van der Waals surface area (Å²) in [6, 6.07) is 20.0. The van der Waals surface area contributed by atoms with E-state index in [0.717, 1.165) is 41.2 Å². The minimum atomic E-state index is -0.297. The standard InChI is InChI=1S/C31H33NO5/c1-4-32(5-2)26-13-11-25(31(20-26)37-22-24-9-18-30(36-3)19-10-24)12-17-29(35)21-28(34)16-8-23-6-14-27(33)15-7-23/h6-20,33H,4-5,21-22H2,1-3H3. The maximum Gasteiger partial charge on any atom is 0.163 e. The Morgan fingerprint density at radius 3 is 2.14 bits per heavy atom. The second-order valence-corrected chi connectivity index (χ2v) is 8.40. The van der Waals surface area contributed by atoms with Crippen molar-refractivity contribution in [2.45, 2.75) is 26.9 Å². The average Bonchev–Trinajstić information content (AvgIpc) is 2.92. The summed E-state index contributed by atoms with van der Waals surface area (Å²) >= 11 is 0. The van der Waals surface area contributed by atoms with Crippen LogP contribution in [0.1, 0.15) is 37.0 Å². The molecule has 37 heavy (non-hydrogen) atoms. The lowest BCUT2D eigenvalue weighted by Crippen LogP contribution is -2.21. The lowest BCUT2D eigenvalue weighted by Gasteiger charge is -2.22. The minimum absolute atomic E-state index is 0.154. The Bertz CT molecular complexity index is 1240. The van der Waals surface area contributed by atoms with Crippen molar-refractivity contribution in [3.63, 3.8) is 0 Å². The van der Waals surface area contributed by atoms with Gasteiger partial charge in [0.15, 0.2) is 11.6 Å². The number of allylic oxidation sites excluding steroid dienone is 2. The first-order chi connectivity index (χ1) is 17.9. The molecule has 0 spiro atoms. The molecule has 0 bridgehead atoms. The van der Waals surface area contributed by atoms with E-state index in [2.05, 4.69) is 18.7 Å². The van der Waals surface area contributed by atoms with E-state index in [4.69, 9.17) is 9.47 Å². The van der Waals surface area contributed by atoms with Gasteiger partial charge >= 0.3 is 0 Å². The van der Waals surface area contributed by atoms with Crippen LogP contribution in [0.2, 0.25) is 0 Å². The fourth-order valence-electron chi connectivity index (χ4n) is 3.70. The van der Waals surface area contributed by atoms with Crippen molar-refractivity contribution in [2.24, 2.45) is 0 Å². The largest absolute Gasteiger partial charge is 0.508 e. The van der Waals surface area contributed by atoms with Crippen molar-refractivity contribution in [3.8, 4) is 17.2 Å². The van der Waals surface area contributed by atoms with Crippen molar-refractivity contribution in [3.05, 3.63) is 95.6 Å². The number of rotatable bonds is 13. The summed E-state index contributed by atoms with van der Waals surface area (Å²) in [5.74, 6) is 0.996. The molecule has 192 valence electrons. The van der Waals surface area contributed by atoms with E-state index in [-0.39, 0.29) is 23.7 Å². The van der Waals surface area contributed by atoms with Crippen molar-refractivity contribution >= 4 is 29.4 Å². The lowest BCUT2D eigenvalue weighted by atomic mass is 10.1. The first kappa shape index (κ1) is 27.3. The van der Waals surface area contributed by atoms with Gasteiger partial charge in [0.05, 0.1) is 13.5 Å². The number of ether oxygens (including phenoxy) is 2. The van der Waals surface area contributed by atoms with E-state index in [9.17, 15) is 14.7 Å². The molecule has 0 aromatic heterocycles. The summed E-state index contributed by atoms with van der Waals surface area (Å²) in [5, 5.41) is 9.34. The quantitative estimate of drug-likeness (QED) is 0.227. The highest BCUT2D eigenvalue weighted by molar-refractivity contribution is 6.11. The number of carbonyl (C=O) groups is 2. The van der Waals surface area contributed by atoms with Crippen LogP contribution in [-0.4, -0.2) is 36.9 Å². The van der Waals surface area contributed by atoms with Gasteiger partial charge in [0.1, 0.15) is 23.9 Å². The first-order valence-electron chi connectivity index (χ1n) is 12.3. The topological polar surface area (TPSA) is 76.1 Å². The molecule has 0 aliphatic heterocycles. The lowest BCUT2D eigenvalue weighted by molar-refractivity contribution is -0.121. The number of carbonyl (C=O) groups excluding carboxylic acids is 2. The van der Waals surface area contributed by atoms with Gasteiger partial charge in [-0.25, -0.2) is 0 Å². The molecular weight excluding hydrogens is 466 g/mol. The van der Waals surface area contributed by atoms with Gasteiger partial charge in [-0.15, -0.1) is 0 Å². The first-order valence-corrected chi connectivity index (χ1v) is 12.3. The molecule has 3 aromatic carbocycles. The molecule has 0 aliphatic rings. The summed E-state index contributed by atoms with van der Waals surface area (Å²) in [6.07, 6.45) is 5.87. The summed E-state index contributed by atoms with van der Waals surface area (Å²) in [5.41, 5.74) is 3.55. The number of hydrogen-bond donors (Lipinski definition) is 1. The molecule has 0 atom stereocenters. The Hall–Kier alpha value is -4.32. The fraction of sp³-hybridized carbons (Fsp3) is 0.226. The predicted molar refractivity (Wildman–Crippen MR) is 148 cm³/mol. The zero-order valence-corrected chi connectivity index (χ0v) is 21.5. The van der Waals surface area contributed by atoms with Crippen LogP contribution in [-0.2, 0) is 16.2 Å². The maximum atomic E-state index is 12.5. The third-order valence-electron chi connectivity index (χ3n) is 5.83. The Kier molecular flexibility index (Phi) is 10.1. The molecule has 0 amide bonds. The van der Waals surface area contributed by atoms with Gasteiger partial charge in [-0.2, -0.15) is 0 Å². The second-order valence-electron chi connectivity index (χ2n) is 8.40. The van der Waals surface area contributed by atoms with Gasteiger partial charge in [-0.1, -0.05) is 30.3 Å². The van der Waals surface area contributed by atoms with Crippen LogP contribution in [0.25, 0.3) is 12.2 Å². The predicted octanol–water partition coefficient (Wildman–Crippen LogP) is 6.08. The molecule has 3 rings (SSSR count). The molecule has 0 heterocycles. The molecule has 0 unspecified atom stereocenters. The highest BCUT2D eigenvalue weighted by atomic mass is 16.5. The van der Waals surface area contributed by atoms with Crippen LogP contribution >= 0.6 is 0 Å². The van der Waals surface area contributed by atoms with Crippen LogP contribution in [0.5, 0.6) is 17.2 Å². The Labute approximate surface area is 218 Å². The summed E-state index contributed by atoms with van der Waals surface area (Å²) in [4.78, 5) is 26.9. The van der Waals surface area contributed by atoms with E-state index in [0.29, 0.717) is 12.4 Å². The van der Waals surface area contributed by atoms with Crippen LogP contribution in [0.15, 0.2) is 78.9 Å². The van der Waals surface area contributed by atoms with E-state index < -0.39 is 0 Å². The third-order valence-corrected chi connectivity index (χ3v) is 5.83. The highest BCUT2D eigenvalue weighted by Crippen LogP contribution is 2.28. The van der Waals surface area contributed by atoms with Crippen LogP contribution in [0, 0.1) is 0 Å². The summed E-state index contributed by atoms with van der Waals surface area (Å²) < 4.78 is 11.4. The Morgan fingerprint density at radius 2 is 1.51 bits per heavy atom. The van der Waals surface area contributed by atoms with Crippen LogP contribution < -0.4 is 14.4 Å². The van der Waals surface area contributed by atoms with Crippen molar-refractivity contribution in [1.82, 2.24) is 0 Å². The van der Waals surface area contributed by atoms with Gasteiger partial charge in [0.2, 0.25) is 0 Å². The fourth-order valence-corrected chi connectivity index (χ4v) is 3.70. The van der Waals surface area contributed by atoms with Gasteiger partial charge in [-0.3, -0.25) is 9.59 Å². The second kappa shape index (κ2) is 13.7. The van der Waals surface area contributed by atoms with Crippen molar-refractivity contribution < 1.29 is 24.2 Å². The number of benzene rings is 3. The number of methoxy groups -OCH3 is 1. The smallest absolute Gasteiger partial charge is 0.163 e. The number of phenols is 1. The number of aromatic hydroxyl groups is 1. The normalized spacial score (nSPS) is 11.1. The highest BCUT2D eigenvalue weighted by Gasteiger charge is 2.10. The van der Waals surface area contributed by atoms with Crippen molar-refractivity contribution in [1.29, 1.82) is 0 Å². The molecule has 6 nitrogen and oxygen atoms in total. The van der Waals surface area contributed by atoms with Crippen LogP contribution in [0.3, 0.4) is 0 Å². The van der Waals surface area contributed by atoms with E-state index in [1.54, 1.807) is 31.4 Å². The zero-order valence-electron chi connectivity index (χ0n) is 21.5. The van der Waals surface area contributed by atoms with Crippen molar-refractivity contribution in [2.75, 3.05) is 25.1 Å². The number of nitrogens with zero attached hydrogens (tertiary/aromatic N) is 1. The summed E-state index contributed by atoms with van der Waals surface area (Å²) in [7, 11) is 1.63. The SMILES string of the molecule is CCN(CC)c1ccc(C=CC(=O)CC(=O)C=Cc2ccc(O)cc2)c(OCc2ccc(OC)cc2)c1. The number of phenolic OH excluding ortho intramolecular Hbond substituents is 1. The number of hydrogen-bond acceptors (Lipinski definition) is 6. The molecule has 0 aliphatic carbocycles. The van der Waals surface area contributed by atoms with E-state index in [1.807, 2.05) is 42.5 Å². The van der Waals surface area contributed by atoms with Crippen LogP contribution in [0.4, 0.5) is 5.69 Å². The Morgan fingerprint density at radius 1 is 0.865 bits per heavy atom. The molecule has 6 heteroatoms. The van der Waals surface area contributed by atoms with Gasteiger partial charge < -0.3 is 19.5 Å². The molecule has 0 saturated heterocycles. The van der Waals surface area contributed by atoms with E-state index >= 15 is 0 Å². The third kappa shape index (κ3) is 8.39. The average molecular weight is 500 g/mol. The number of anilines is 1. The minimum Gasteiger partial charge on any atom is -0.508 e. The number of ketones is 2. The molecule has 3 aromatic rings. The van der Waals surface area contributed by atoms with E-state index in [1.165, 1.54) is 24.3 Å². The molecule has 1 N–H and O–H groups in total.